The van der Waals surface area contributed by atoms with E-state index in [4.69, 9.17) is 27.9 Å². The Morgan fingerprint density at radius 2 is 1.67 bits per heavy atom. The van der Waals surface area contributed by atoms with Crippen LogP contribution in [0.4, 0.5) is 0 Å². The normalized spacial score (nSPS) is 22.1. The van der Waals surface area contributed by atoms with Gasteiger partial charge in [-0.25, -0.2) is 0 Å². The SMILES string of the molecule is CNC(=O)Cc1cc(Cl)ccc1OCC(=O)NC1C[C@H]2CC[C@@H](C1)N2Cc1ccc(Cl)cc1. The number of nitrogens with one attached hydrogen (secondary N) is 2. The van der Waals surface area contributed by atoms with Crippen LogP contribution in [0.5, 0.6) is 5.75 Å². The van der Waals surface area contributed by atoms with Gasteiger partial charge in [0, 0.05) is 47.3 Å². The average molecular weight is 490 g/mol. The highest BCUT2D eigenvalue weighted by molar-refractivity contribution is 6.30. The van der Waals surface area contributed by atoms with Gasteiger partial charge in [-0.1, -0.05) is 35.3 Å². The Bertz CT molecular complexity index is 985. The maximum atomic E-state index is 12.6. The molecule has 2 aromatic carbocycles. The van der Waals surface area contributed by atoms with Gasteiger partial charge in [-0.2, -0.15) is 0 Å². The molecule has 2 heterocycles. The Balaban J connectivity index is 1.29. The van der Waals surface area contributed by atoms with Gasteiger partial charge in [0.25, 0.3) is 5.91 Å². The molecule has 0 radical (unpaired) electrons. The van der Waals surface area contributed by atoms with E-state index in [1.165, 1.54) is 5.56 Å². The first-order chi connectivity index (χ1) is 15.9. The van der Waals surface area contributed by atoms with E-state index in [0.717, 1.165) is 37.3 Å². The van der Waals surface area contributed by atoms with Crippen LogP contribution in [-0.2, 0) is 22.6 Å². The number of halogens is 2. The first-order valence-electron chi connectivity index (χ1n) is 11.3. The van der Waals surface area contributed by atoms with Crippen molar-refractivity contribution in [2.45, 2.75) is 56.8 Å². The first kappa shape index (κ1) is 23.9. The van der Waals surface area contributed by atoms with Crippen LogP contribution in [0.15, 0.2) is 42.5 Å². The lowest BCUT2D eigenvalue weighted by Gasteiger charge is -2.39. The fourth-order valence-electron chi connectivity index (χ4n) is 4.95. The number of piperidine rings is 1. The van der Waals surface area contributed by atoms with Crippen LogP contribution in [0.2, 0.25) is 10.0 Å². The summed E-state index contributed by atoms with van der Waals surface area (Å²) in [6, 6.07) is 14.2. The smallest absolute Gasteiger partial charge is 0.258 e. The molecule has 2 bridgehead atoms. The molecule has 2 saturated heterocycles. The number of carbonyl (C=O) groups is 2. The van der Waals surface area contributed by atoms with Crippen molar-refractivity contribution in [2.75, 3.05) is 13.7 Å². The molecule has 0 aliphatic carbocycles. The molecule has 8 heteroatoms. The molecule has 3 atom stereocenters. The topological polar surface area (TPSA) is 70.7 Å². The van der Waals surface area contributed by atoms with Gasteiger partial charge >= 0.3 is 0 Å². The van der Waals surface area contributed by atoms with Crippen molar-refractivity contribution < 1.29 is 14.3 Å². The number of likely N-dealkylation sites (N-methyl/N-ethyl adjacent to an activating group) is 1. The van der Waals surface area contributed by atoms with E-state index in [1.807, 2.05) is 12.1 Å². The Morgan fingerprint density at radius 1 is 1.00 bits per heavy atom. The van der Waals surface area contributed by atoms with Crippen LogP contribution in [-0.4, -0.2) is 48.5 Å². The fraction of sp³-hybridized carbons (Fsp3) is 0.440. The number of hydrogen-bond donors (Lipinski definition) is 2. The van der Waals surface area contributed by atoms with Gasteiger partial charge < -0.3 is 15.4 Å². The van der Waals surface area contributed by atoms with Gasteiger partial charge in [0.1, 0.15) is 5.75 Å². The Kier molecular flexibility index (Phi) is 7.78. The summed E-state index contributed by atoms with van der Waals surface area (Å²) in [5.41, 5.74) is 1.92. The number of carbonyl (C=O) groups excluding carboxylic acids is 2. The summed E-state index contributed by atoms with van der Waals surface area (Å²) in [4.78, 5) is 27.0. The summed E-state index contributed by atoms with van der Waals surface area (Å²) in [7, 11) is 1.58. The summed E-state index contributed by atoms with van der Waals surface area (Å²) < 4.78 is 5.75. The molecule has 176 valence electrons. The van der Waals surface area contributed by atoms with Gasteiger partial charge in [-0.15, -0.1) is 0 Å². The van der Waals surface area contributed by atoms with E-state index in [2.05, 4.69) is 27.7 Å². The maximum Gasteiger partial charge on any atom is 0.258 e. The molecule has 33 heavy (non-hydrogen) atoms. The van der Waals surface area contributed by atoms with Gasteiger partial charge in [0.15, 0.2) is 6.61 Å². The summed E-state index contributed by atoms with van der Waals surface area (Å²) >= 11 is 12.1. The minimum Gasteiger partial charge on any atom is -0.483 e. The number of amides is 2. The minimum atomic E-state index is -0.147. The van der Waals surface area contributed by atoms with Gasteiger partial charge in [0.05, 0.1) is 6.42 Å². The highest BCUT2D eigenvalue weighted by Gasteiger charge is 2.40. The summed E-state index contributed by atoms with van der Waals surface area (Å²) in [6.45, 7) is 0.823. The second-order valence-corrected chi connectivity index (χ2v) is 9.68. The molecule has 1 unspecified atom stereocenters. The van der Waals surface area contributed by atoms with Crippen LogP contribution in [0, 0.1) is 0 Å². The average Bonchev–Trinajstić information content (AvgIpc) is 3.02. The zero-order valence-corrected chi connectivity index (χ0v) is 20.2. The largest absolute Gasteiger partial charge is 0.483 e. The third-order valence-corrected chi connectivity index (χ3v) is 7.03. The molecule has 0 spiro atoms. The molecule has 0 aromatic heterocycles. The summed E-state index contributed by atoms with van der Waals surface area (Å²) in [5, 5.41) is 7.01. The predicted octanol–water partition coefficient (Wildman–Crippen LogP) is 3.97. The van der Waals surface area contributed by atoms with Crippen LogP contribution < -0.4 is 15.4 Å². The van der Waals surface area contributed by atoms with Crippen molar-refractivity contribution in [3.05, 3.63) is 63.6 Å². The standard InChI is InChI=1S/C25H29Cl2N3O3/c1-28-24(31)11-17-10-19(27)6-9-23(17)33-15-25(32)29-20-12-21-7-8-22(13-20)30(21)14-16-2-4-18(26)5-3-16/h2-6,9-10,20-22H,7-8,11-15H2,1H3,(H,28,31)(H,29,32)/t20?,21-,22+. The van der Waals surface area contributed by atoms with Crippen molar-refractivity contribution >= 4 is 35.0 Å². The number of hydrogen-bond acceptors (Lipinski definition) is 4. The van der Waals surface area contributed by atoms with Crippen LogP contribution in [0.3, 0.4) is 0 Å². The van der Waals surface area contributed by atoms with E-state index in [9.17, 15) is 9.59 Å². The molecule has 0 saturated carbocycles. The van der Waals surface area contributed by atoms with Crippen molar-refractivity contribution in [1.82, 2.24) is 15.5 Å². The highest BCUT2D eigenvalue weighted by atomic mass is 35.5. The fourth-order valence-corrected chi connectivity index (χ4v) is 5.27. The molecule has 4 rings (SSSR count). The van der Waals surface area contributed by atoms with Crippen molar-refractivity contribution in [3.8, 4) is 5.75 Å². The lowest BCUT2D eigenvalue weighted by molar-refractivity contribution is -0.124. The van der Waals surface area contributed by atoms with Crippen molar-refractivity contribution in [1.29, 1.82) is 0 Å². The molecule has 2 aliphatic rings. The zero-order valence-electron chi connectivity index (χ0n) is 18.7. The molecular formula is C25H29Cl2N3O3. The first-order valence-corrected chi connectivity index (χ1v) is 12.1. The predicted molar refractivity (Wildman–Crippen MR) is 130 cm³/mol. The number of benzene rings is 2. The second-order valence-electron chi connectivity index (χ2n) is 8.81. The number of nitrogens with zero attached hydrogens (tertiary/aromatic N) is 1. The Hall–Kier alpha value is -2.28. The van der Waals surface area contributed by atoms with E-state index in [-0.39, 0.29) is 30.9 Å². The minimum absolute atomic E-state index is 0.0945. The monoisotopic (exact) mass is 489 g/mol. The number of ether oxygens (including phenoxy) is 1. The third kappa shape index (κ3) is 6.19. The van der Waals surface area contributed by atoms with Gasteiger partial charge in [0.2, 0.25) is 5.91 Å². The quantitative estimate of drug-likeness (QED) is 0.588. The number of fused-ring (bicyclic) bond motifs is 2. The summed E-state index contributed by atoms with van der Waals surface area (Å²) in [5.74, 6) is 0.204. The van der Waals surface area contributed by atoms with Crippen LogP contribution >= 0.6 is 23.2 Å². The van der Waals surface area contributed by atoms with E-state index in [1.54, 1.807) is 25.2 Å². The van der Waals surface area contributed by atoms with Crippen LogP contribution in [0.1, 0.15) is 36.8 Å². The second kappa shape index (κ2) is 10.8. The highest BCUT2D eigenvalue weighted by Crippen LogP contribution is 2.37. The van der Waals surface area contributed by atoms with Crippen molar-refractivity contribution in [2.24, 2.45) is 0 Å². The summed E-state index contributed by atoms with van der Waals surface area (Å²) in [6.07, 6.45) is 4.35. The molecule has 6 nitrogen and oxygen atoms in total. The lowest BCUT2D eigenvalue weighted by atomic mass is 9.96. The molecule has 2 N–H and O–H groups in total. The third-order valence-electron chi connectivity index (χ3n) is 6.54. The molecular weight excluding hydrogens is 461 g/mol. The van der Waals surface area contributed by atoms with E-state index >= 15 is 0 Å². The van der Waals surface area contributed by atoms with Crippen LogP contribution in [0.25, 0.3) is 0 Å². The lowest BCUT2D eigenvalue weighted by Crippen LogP contribution is -2.50. The molecule has 2 fully saturated rings. The van der Waals surface area contributed by atoms with E-state index < -0.39 is 0 Å². The molecule has 2 amide bonds. The van der Waals surface area contributed by atoms with Crippen molar-refractivity contribution in [3.63, 3.8) is 0 Å². The number of rotatable bonds is 8. The van der Waals surface area contributed by atoms with Gasteiger partial charge in [-0.3, -0.25) is 14.5 Å². The molecule has 2 aromatic rings. The zero-order chi connectivity index (χ0) is 23.4. The Labute approximate surface area is 204 Å². The van der Waals surface area contributed by atoms with Gasteiger partial charge in [-0.05, 0) is 61.6 Å². The Morgan fingerprint density at radius 3 is 2.33 bits per heavy atom. The van der Waals surface area contributed by atoms with E-state index in [0.29, 0.717) is 28.4 Å². The molecule has 2 aliphatic heterocycles. The maximum absolute atomic E-state index is 12.6.